The Hall–Kier alpha value is -6.23. The molecule has 0 aliphatic carbocycles. The fraction of sp³-hybridized carbons (Fsp3) is 0.333. The van der Waals surface area contributed by atoms with Crippen molar-refractivity contribution in [3.8, 4) is 0 Å². The van der Waals surface area contributed by atoms with Crippen LogP contribution in [-0.2, 0) is 53.9 Å². The Morgan fingerprint density at radius 1 is 0.472 bits per heavy atom. The molecule has 388 valence electrons. The van der Waals surface area contributed by atoms with Gasteiger partial charge in [0.1, 0.15) is 11.6 Å². The van der Waals surface area contributed by atoms with Crippen LogP contribution < -0.4 is 20.9 Å². The number of anilines is 8. The van der Waals surface area contributed by atoms with E-state index in [1.54, 1.807) is 87.5 Å². The molecule has 0 atom stereocenters. The van der Waals surface area contributed by atoms with Crippen molar-refractivity contribution in [2.75, 3.05) is 57.0 Å². The minimum Gasteiger partial charge on any atom is -0.324 e. The Morgan fingerprint density at radius 2 is 0.875 bits per heavy atom. The molecule has 72 heavy (non-hydrogen) atoms. The minimum atomic E-state index is -4.75. The van der Waals surface area contributed by atoms with Gasteiger partial charge in [-0.25, -0.2) is 37.9 Å². The van der Waals surface area contributed by atoms with Gasteiger partial charge < -0.3 is 20.9 Å². The van der Waals surface area contributed by atoms with Crippen LogP contribution in [0.2, 0.25) is 0 Å². The first kappa shape index (κ1) is 56.7. The zero-order valence-corrected chi connectivity index (χ0v) is 44.3. The molecule has 0 aliphatic heterocycles. The molecule has 27 heteroatoms. The smallest absolute Gasteiger partial charge is 0.324 e. The predicted octanol–water partition coefficient (Wildman–Crippen LogP) is 6.89. The molecular weight excluding hydrogens is 1030 g/mol. The summed E-state index contributed by atoms with van der Waals surface area (Å²) in [5.74, 6) is 1.47. The second-order valence-corrected chi connectivity index (χ2v) is 25.3. The maximum atomic E-state index is 12.5. The van der Waals surface area contributed by atoms with E-state index >= 15 is 0 Å². The summed E-state index contributed by atoms with van der Waals surface area (Å²) in [6, 6.07) is 25.0. The molecule has 0 fully saturated rings. The van der Waals surface area contributed by atoms with Crippen molar-refractivity contribution in [2.45, 2.75) is 80.4 Å². The Kier molecular flexibility index (Phi) is 19.3. The lowest BCUT2D eigenvalue weighted by Crippen LogP contribution is -2.20. The van der Waals surface area contributed by atoms with Crippen LogP contribution in [0.15, 0.2) is 117 Å². The quantitative estimate of drug-likeness (QED) is 0.0474. The molecule has 0 saturated carbocycles. The molecule has 2 aromatic heterocycles. The Morgan fingerprint density at radius 3 is 1.31 bits per heavy atom. The number of aryl methyl sites for hydroxylation is 2. The lowest BCUT2D eigenvalue weighted by atomic mass is 10.3. The molecule has 0 radical (unpaired) electrons. The van der Waals surface area contributed by atoms with Crippen molar-refractivity contribution in [1.29, 1.82) is 0 Å². The maximum absolute atomic E-state index is 12.5. The number of nitrogens with zero attached hydrogens (tertiary/aromatic N) is 7. The van der Waals surface area contributed by atoms with E-state index in [-0.39, 0.29) is 48.7 Å². The second-order valence-electron chi connectivity index (χ2n) is 15.8. The highest BCUT2D eigenvalue weighted by molar-refractivity contribution is 7.92. The third-order valence-corrected chi connectivity index (χ3v) is 17.9. The molecule has 6 aromatic rings. The number of rotatable bonds is 23. The van der Waals surface area contributed by atoms with Gasteiger partial charge >= 0.3 is 10.4 Å². The summed E-state index contributed by atoms with van der Waals surface area (Å²) in [5, 5.41) is 8.98. The number of benzene rings is 4. The highest BCUT2D eigenvalue weighted by Crippen LogP contribution is 2.27. The van der Waals surface area contributed by atoms with Gasteiger partial charge in [-0.05, 0) is 131 Å². The van der Waals surface area contributed by atoms with Gasteiger partial charge in [-0.2, -0.15) is 38.3 Å². The summed E-state index contributed by atoms with van der Waals surface area (Å²) in [6.45, 7) is 10.6. The summed E-state index contributed by atoms with van der Waals surface area (Å²) in [5.41, 5.74) is 2.28. The van der Waals surface area contributed by atoms with Crippen LogP contribution in [0, 0.1) is 13.8 Å². The monoisotopic (exact) mass is 1090 g/mol. The Balaban J connectivity index is 0.000000268. The van der Waals surface area contributed by atoms with Gasteiger partial charge in [-0.1, -0.05) is 26.8 Å². The third kappa shape index (κ3) is 16.4. The standard InChI is InChI=1S/C24H31N5O4S2.C21H25N5O8S3/c1-5-16-34(30,31)21-12-8-19(9-13-21)27-23-25-18(4)26-24(28-23)29(7-3)20-10-14-22(15-11-20)35(32,33)17-6-2;1-3-12-35(27,28)18-9-7-16(8-10-18)24-20-22-15(2)23-21(26-20)25-17-5-4-6-19(14-17)36(29,30)13-11-34-37(31,32)33/h8-15H,5-7,16-17H2,1-4H3,(H,25,26,27,28);4-10,14H,3,11-13H2,1-2H3,(H,31,32,33)(H2,22,23,24,25,26). The van der Waals surface area contributed by atoms with E-state index in [0.29, 0.717) is 66.4 Å². The van der Waals surface area contributed by atoms with Crippen molar-refractivity contribution < 1.29 is 50.8 Å². The fourth-order valence-electron chi connectivity index (χ4n) is 6.68. The van der Waals surface area contributed by atoms with E-state index in [1.165, 1.54) is 30.3 Å². The van der Waals surface area contributed by atoms with Gasteiger partial charge in [0.25, 0.3) is 0 Å². The van der Waals surface area contributed by atoms with Gasteiger partial charge in [0.2, 0.25) is 23.8 Å². The summed E-state index contributed by atoms with van der Waals surface area (Å²) in [4.78, 5) is 28.5. The Labute approximate surface area is 420 Å². The molecule has 0 amide bonds. The van der Waals surface area contributed by atoms with E-state index in [1.807, 2.05) is 25.7 Å². The molecule has 4 aromatic carbocycles. The van der Waals surface area contributed by atoms with Crippen LogP contribution in [0.1, 0.15) is 58.6 Å². The van der Waals surface area contributed by atoms with Crippen LogP contribution in [0.5, 0.6) is 0 Å². The average molecular weight is 1090 g/mol. The molecule has 0 bridgehead atoms. The largest absolute Gasteiger partial charge is 0.397 e. The molecule has 0 saturated heterocycles. The number of sulfone groups is 4. The highest BCUT2D eigenvalue weighted by Gasteiger charge is 2.20. The van der Waals surface area contributed by atoms with Crippen LogP contribution >= 0.6 is 0 Å². The summed E-state index contributed by atoms with van der Waals surface area (Å²) in [7, 11) is -18.6. The number of aromatic nitrogens is 6. The first-order chi connectivity index (χ1) is 33.9. The zero-order chi connectivity index (χ0) is 52.9. The van der Waals surface area contributed by atoms with E-state index in [9.17, 15) is 42.1 Å². The molecular formula is C45H56N10O12S5. The van der Waals surface area contributed by atoms with Crippen LogP contribution in [-0.4, -0.2) is 113 Å². The lowest BCUT2D eigenvalue weighted by molar-refractivity contribution is 0.284. The number of hydrogen-bond donors (Lipinski definition) is 4. The summed E-state index contributed by atoms with van der Waals surface area (Å²) >= 11 is 0. The van der Waals surface area contributed by atoms with Crippen LogP contribution in [0.25, 0.3) is 0 Å². The molecule has 4 N–H and O–H groups in total. The molecule has 6 rings (SSSR count). The molecule has 0 spiro atoms. The first-order valence-corrected chi connectivity index (χ1v) is 30.3. The second kappa shape index (κ2) is 24.5. The molecule has 0 unspecified atom stereocenters. The van der Waals surface area contributed by atoms with Crippen molar-refractivity contribution >= 4 is 96.3 Å². The Bertz CT molecular complexity index is 3390. The minimum absolute atomic E-state index is 0.0579. The zero-order valence-electron chi connectivity index (χ0n) is 40.2. The fourth-order valence-corrected chi connectivity index (χ4v) is 12.2. The van der Waals surface area contributed by atoms with Gasteiger partial charge in [0.05, 0.1) is 49.2 Å². The maximum Gasteiger partial charge on any atom is 0.397 e. The number of hydrogen-bond acceptors (Lipinski definition) is 21. The van der Waals surface area contributed by atoms with Crippen molar-refractivity contribution in [1.82, 2.24) is 29.9 Å². The third-order valence-electron chi connectivity index (χ3n) is 9.94. The molecule has 22 nitrogen and oxygen atoms in total. The van der Waals surface area contributed by atoms with Crippen LogP contribution in [0.4, 0.5) is 46.5 Å². The number of nitrogens with one attached hydrogen (secondary N) is 3. The first-order valence-electron chi connectivity index (χ1n) is 22.3. The SMILES string of the molecule is CCCS(=O)(=O)c1ccc(Nc2nc(C)nc(N(CC)c3ccc(S(=O)(=O)CCC)cc3)n2)cc1.CCCS(=O)(=O)c1ccc(Nc2nc(C)nc(Nc3cccc(S(=O)(=O)CCOS(=O)(=O)O)c3)n2)cc1. The van der Waals surface area contributed by atoms with Crippen molar-refractivity contribution in [3.05, 3.63) is 109 Å². The van der Waals surface area contributed by atoms with Gasteiger partial charge in [0, 0.05) is 29.3 Å². The van der Waals surface area contributed by atoms with Gasteiger partial charge in [-0.15, -0.1) is 0 Å². The van der Waals surface area contributed by atoms with E-state index in [2.05, 4.69) is 50.0 Å². The van der Waals surface area contributed by atoms with E-state index in [0.717, 1.165) is 5.69 Å². The van der Waals surface area contributed by atoms with E-state index < -0.39 is 62.1 Å². The molecule has 2 heterocycles. The lowest BCUT2D eigenvalue weighted by Gasteiger charge is -2.22. The topological polar surface area (TPSA) is 317 Å². The molecule has 0 aliphatic rings. The normalized spacial score (nSPS) is 12.1. The van der Waals surface area contributed by atoms with Crippen molar-refractivity contribution in [2.24, 2.45) is 0 Å². The van der Waals surface area contributed by atoms with Gasteiger partial charge in [-0.3, -0.25) is 4.55 Å². The summed E-state index contributed by atoms with van der Waals surface area (Å²) in [6.07, 6.45) is 1.63. The van der Waals surface area contributed by atoms with Crippen LogP contribution in [0.3, 0.4) is 0 Å². The highest BCUT2D eigenvalue weighted by atomic mass is 32.3. The predicted molar refractivity (Wildman–Crippen MR) is 274 cm³/mol. The summed E-state index contributed by atoms with van der Waals surface area (Å²) < 4.78 is 133. The average Bonchev–Trinajstić information content (AvgIpc) is 3.29. The van der Waals surface area contributed by atoms with Crippen molar-refractivity contribution in [3.63, 3.8) is 0 Å². The van der Waals surface area contributed by atoms with E-state index in [4.69, 9.17) is 4.55 Å². The van der Waals surface area contributed by atoms with Gasteiger partial charge in [0.15, 0.2) is 39.3 Å².